The van der Waals surface area contributed by atoms with Crippen LogP contribution in [0.15, 0.2) is 28.8 Å². The molecule has 2 heterocycles. The number of nitrogens with zero attached hydrogens (tertiary/aromatic N) is 3. The SMILES string of the molecule is Cn1cc(C(=O)N2CCOC(CNC(=O)C=C3CCC3)C2)ncc1=O. The molecule has 1 atom stereocenters. The zero-order valence-electron chi connectivity index (χ0n) is 14.2. The van der Waals surface area contributed by atoms with Gasteiger partial charge in [0.2, 0.25) is 5.91 Å². The Morgan fingerprint density at radius 3 is 2.92 bits per heavy atom. The number of amides is 2. The third kappa shape index (κ3) is 4.33. The molecular weight excluding hydrogens is 324 g/mol. The van der Waals surface area contributed by atoms with E-state index in [1.54, 1.807) is 18.0 Å². The lowest BCUT2D eigenvalue weighted by atomic mass is 9.92. The Hall–Kier alpha value is -2.48. The third-order valence-electron chi connectivity index (χ3n) is 4.46. The summed E-state index contributed by atoms with van der Waals surface area (Å²) in [4.78, 5) is 41.3. The monoisotopic (exact) mass is 346 g/mol. The van der Waals surface area contributed by atoms with Gasteiger partial charge in [-0.05, 0) is 19.3 Å². The maximum Gasteiger partial charge on any atom is 0.274 e. The second-order valence-electron chi connectivity index (χ2n) is 6.37. The first-order valence-corrected chi connectivity index (χ1v) is 8.44. The number of carbonyl (C=O) groups is 2. The summed E-state index contributed by atoms with van der Waals surface area (Å²) in [7, 11) is 1.58. The van der Waals surface area contributed by atoms with Crippen molar-refractivity contribution in [2.24, 2.45) is 7.05 Å². The Morgan fingerprint density at radius 1 is 1.44 bits per heavy atom. The van der Waals surface area contributed by atoms with Gasteiger partial charge in [-0.1, -0.05) is 5.57 Å². The summed E-state index contributed by atoms with van der Waals surface area (Å²) in [6.07, 6.45) is 7.13. The smallest absolute Gasteiger partial charge is 0.274 e. The number of rotatable bonds is 4. The second kappa shape index (κ2) is 7.60. The minimum absolute atomic E-state index is 0.110. The number of aryl methyl sites for hydroxylation is 1. The van der Waals surface area contributed by atoms with Gasteiger partial charge >= 0.3 is 0 Å². The molecule has 25 heavy (non-hydrogen) atoms. The molecule has 1 saturated carbocycles. The van der Waals surface area contributed by atoms with Crippen molar-refractivity contribution in [1.29, 1.82) is 0 Å². The first kappa shape index (κ1) is 17.3. The average Bonchev–Trinajstić information content (AvgIpc) is 2.58. The van der Waals surface area contributed by atoms with E-state index in [-0.39, 0.29) is 29.2 Å². The van der Waals surface area contributed by atoms with Crippen molar-refractivity contribution >= 4 is 11.8 Å². The Balaban J connectivity index is 1.55. The first-order valence-electron chi connectivity index (χ1n) is 8.44. The van der Waals surface area contributed by atoms with Gasteiger partial charge in [-0.3, -0.25) is 14.4 Å². The highest BCUT2D eigenvalue weighted by Gasteiger charge is 2.26. The van der Waals surface area contributed by atoms with Crippen LogP contribution in [0.25, 0.3) is 0 Å². The van der Waals surface area contributed by atoms with Gasteiger partial charge in [0.1, 0.15) is 5.69 Å². The Kier molecular flexibility index (Phi) is 5.28. The molecule has 1 unspecified atom stereocenters. The highest BCUT2D eigenvalue weighted by molar-refractivity contribution is 5.92. The van der Waals surface area contributed by atoms with Gasteiger partial charge in [-0.15, -0.1) is 0 Å². The Morgan fingerprint density at radius 2 is 2.24 bits per heavy atom. The Labute approximate surface area is 145 Å². The largest absolute Gasteiger partial charge is 0.373 e. The summed E-state index contributed by atoms with van der Waals surface area (Å²) in [6.45, 7) is 1.59. The van der Waals surface area contributed by atoms with Crippen LogP contribution < -0.4 is 10.9 Å². The third-order valence-corrected chi connectivity index (χ3v) is 4.46. The van der Waals surface area contributed by atoms with Crippen molar-refractivity contribution in [3.63, 3.8) is 0 Å². The van der Waals surface area contributed by atoms with Gasteiger partial charge < -0.3 is 19.5 Å². The van der Waals surface area contributed by atoms with Crippen LogP contribution in [-0.2, 0) is 16.6 Å². The van der Waals surface area contributed by atoms with Crippen LogP contribution in [0.2, 0.25) is 0 Å². The topological polar surface area (TPSA) is 93.5 Å². The van der Waals surface area contributed by atoms with Gasteiger partial charge in [0, 0.05) is 39.0 Å². The molecule has 134 valence electrons. The summed E-state index contributed by atoms with van der Waals surface area (Å²) in [5.74, 6) is -0.353. The number of hydrogen-bond donors (Lipinski definition) is 1. The molecule has 0 spiro atoms. The standard InChI is InChI=1S/C17H22N4O4/c1-20-11-14(18-9-16(20)23)17(24)21-5-6-25-13(10-21)8-19-15(22)7-12-3-2-4-12/h7,9,11,13H,2-6,8,10H2,1H3,(H,19,22). The number of allylic oxidation sites excluding steroid dienone is 1. The predicted molar refractivity (Wildman–Crippen MR) is 90.1 cm³/mol. The first-order chi connectivity index (χ1) is 12.0. The fourth-order valence-corrected chi connectivity index (χ4v) is 2.77. The molecule has 2 fully saturated rings. The molecule has 8 nitrogen and oxygen atoms in total. The van der Waals surface area contributed by atoms with Gasteiger partial charge in [0.15, 0.2) is 0 Å². The summed E-state index contributed by atoms with van der Waals surface area (Å²) in [5, 5.41) is 2.83. The molecule has 2 amide bonds. The number of hydrogen-bond acceptors (Lipinski definition) is 5. The van der Waals surface area contributed by atoms with E-state index in [9.17, 15) is 14.4 Å². The van der Waals surface area contributed by atoms with Crippen molar-refractivity contribution < 1.29 is 14.3 Å². The number of ether oxygens (including phenoxy) is 1. The van der Waals surface area contributed by atoms with Crippen LogP contribution in [0.4, 0.5) is 0 Å². The van der Waals surface area contributed by atoms with Crippen LogP contribution >= 0.6 is 0 Å². The van der Waals surface area contributed by atoms with Gasteiger partial charge in [-0.2, -0.15) is 0 Å². The van der Waals surface area contributed by atoms with Crippen molar-refractivity contribution in [3.05, 3.63) is 40.1 Å². The van der Waals surface area contributed by atoms with E-state index in [0.717, 1.165) is 25.5 Å². The fourth-order valence-electron chi connectivity index (χ4n) is 2.77. The average molecular weight is 346 g/mol. The second-order valence-corrected chi connectivity index (χ2v) is 6.37. The van der Waals surface area contributed by atoms with Crippen molar-refractivity contribution in [2.45, 2.75) is 25.4 Å². The lowest BCUT2D eigenvalue weighted by Gasteiger charge is -2.32. The van der Waals surface area contributed by atoms with Crippen LogP contribution in [0.5, 0.6) is 0 Å². The normalized spacial score (nSPS) is 20.0. The number of nitrogens with one attached hydrogen (secondary N) is 1. The lowest BCUT2D eigenvalue weighted by Crippen LogP contribution is -2.49. The maximum absolute atomic E-state index is 12.5. The highest BCUT2D eigenvalue weighted by Crippen LogP contribution is 2.24. The van der Waals surface area contributed by atoms with E-state index in [2.05, 4.69) is 10.3 Å². The molecular formula is C17H22N4O4. The molecule has 1 aliphatic heterocycles. The highest BCUT2D eigenvalue weighted by atomic mass is 16.5. The number of morpholine rings is 1. The van der Waals surface area contributed by atoms with Gasteiger partial charge in [0.25, 0.3) is 11.5 Å². The summed E-state index contributed by atoms with van der Waals surface area (Å²) in [5.41, 5.74) is 1.14. The van der Waals surface area contributed by atoms with Crippen molar-refractivity contribution in [1.82, 2.24) is 19.8 Å². The van der Waals surface area contributed by atoms with E-state index in [4.69, 9.17) is 4.74 Å². The molecule has 0 radical (unpaired) electrons. The summed E-state index contributed by atoms with van der Waals surface area (Å²) >= 11 is 0. The van der Waals surface area contributed by atoms with Crippen molar-refractivity contribution in [3.8, 4) is 0 Å². The molecule has 8 heteroatoms. The molecule has 0 bridgehead atoms. The van der Waals surface area contributed by atoms with E-state index >= 15 is 0 Å². The number of aromatic nitrogens is 2. The lowest BCUT2D eigenvalue weighted by molar-refractivity contribution is -0.117. The van der Waals surface area contributed by atoms with Crippen molar-refractivity contribution in [2.75, 3.05) is 26.2 Å². The van der Waals surface area contributed by atoms with E-state index in [0.29, 0.717) is 26.2 Å². The zero-order valence-corrected chi connectivity index (χ0v) is 14.2. The van der Waals surface area contributed by atoms with Crippen LogP contribution in [0.3, 0.4) is 0 Å². The molecule has 1 N–H and O–H groups in total. The zero-order chi connectivity index (χ0) is 17.8. The van der Waals surface area contributed by atoms with Crippen LogP contribution in [0.1, 0.15) is 29.8 Å². The summed E-state index contributed by atoms with van der Waals surface area (Å²) < 4.78 is 6.95. The predicted octanol–water partition coefficient (Wildman–Crippen LogP) is -0.152. The van der Waals surface area contributed by atoms with Crippen LogP contribution in [0, 0.1) is 0 Å². The molecule has 1 saturated heterocycles. The van der Waals surface area contributed by atoms with E-state index < -0.39 is 0 Å². The Bertz CT molecular complexity index is 749. The van der Waals surface area contributed by atoms with Gasteiger partial charge in [0.05, 0.1) is 18.9 Å². The quantitative estimate of drug-likeness (QED) is 0.765. The van der Waals surface area contributed by atoms with E-state index in [1.807, 2.05) is 0 Å². The van der Waals surface area contributed by atoms with Gasteiger partial charge in [-0.25, -0.2) is 4.98 Å². The minimum Gasteiger partial charge on any atom is -0.373 e. The molecule has 0 aromatic carbocycles. The maximum atomic E-state index is 12.5. The van der Waals surface area contributed by atoms with Crippen LogP contribution in [-0.4, -0.2) is 58.6 Å². The minimum atomic E-state index is -0.264. The van der Waals surface area contributed by atoms with E-state index in [1.165, 1.54) is 16.3 Å². The summed E-state index contributed by atoms with van der Waals surface area (Å²) in [6, 6.07) is 0. The molecule has 1 aromatic heterocycles. The molecule has 2 aliphatic rings. The molecule has 1 aromatic rings. The molecule has 3 rings (SSSR count). The molecule has 1 aliphatic carbocycles. The number of carbonyl (C=O) groups excluding carboxylic acids is 2. The fraction of sp³-hybridized carbons (Fsp3) is 0.529.